The Labute approximate surface area is 142 Å². The van der Waals surface area contributed by atoms with Crippen LogP contribution < -0.4 is 14.6 Å². The SMILES string of the molecule is OC1CCN(Cc2ccc(N3COc4ccccc4O3)cc2)CC1. The predicted molar refractivity (Wildman–Crippen MR) is 92.0 cm³/mol. The van der Waals surface area contributed by atoms with Crippen molar-refractivity contribution < 1.29 is 14.7 Å². The molecule has 2 aromatic carbocycles. The van der Waals surface area contributed by atoms with E-state index in [1.807, 2.05) is 24.3 Å². The summed E-state index contributed by atoms with van der Waals surface area (Å²) < 4.78 is 5.72. The number of benzene rings is 2. The third-order valence-electron chi connectivity index (χ3n) is 4.58. The van der Waals surface area contributed by atoms with Gasteiger partial charge in [0, 0.05) is 19.6 Å². The molecular formula is C19H22N2O3. The van der Waals surface area contributed by atoms with Crippen LogP contribution in [0.2, 0.25) is 0 Å². The second-order valence-corrected chi connectivity index (χ2v) is 6.36. The van der Waals surface area contributed by atoms with E-state index in [9.17, 15) is 5.11 Å². The monoisotopic (exact) mass is 326 g/mol. The molecule has 0 radical (unpaired) electrons. The minimum Gasteiger partial charge on any atom is -0.466 e. The van der Waals surface area contributed by atoms with Gasteiger partial charge in [-0.05, 0) is 42.7 Å². The van der Waals surface area contributed by atoms with Gasteiger partial charge in [-0.25, -0.2) is 0 Å². The number of likely N-dealkylation sites (tertiary alicyclic amines) is 1. The number of nitrogens with zero attached hydrogens (tertiary/aromatic N) is 2. The smallest absolute Gasteiger partial charge is 0.197 e. The van der Waals surface area contributed by atoms with Crippen LogP contribution in [-0.4, -0.2) is 35.9 Å². The minimum absolute atomic E-state index is 0.122. The number of rotatable bonds is 3. The van der Waals surface area contributed by atoms with Crippen molar-refractivity contribution in [3.8, 4) is 11.5 Å². The number of hydrogen-bond acceptors (Lipinski definition) is 5. The Bertz CT molecular complexity index is 681. The van der Waals surface area contributed by atoms with Gasteiger partial charge in [0.1, 0.15) is 0 Å². The van der Waals surface area contributed by atoms with Crippen molar-refractivity contribution >= 4 is 5.69 Å². The highest BCUT2D eigenvalue weighted by atomic mass is 16.7. The molecule has 24 heavy (non-hydrogen) atoms. The van der Waals surface area contributed by atoms with E-state index in [0.29, 0.717) is 6.73 Å². The van der Waals surface area contributed by atoms with Crippen molar-refractivity contribution in [1.82, 2.24) is 4.90 Å². The zero-order valence-electron chi connectivity index (χ0n) is 13.6. The van der Waals surface area contributed by atoms with E-state index in [1.54, 1.807) is 5.06 Å². The summed E-state index contributed by atoms with van der Waals surface area (Å²) in [6, 6.07) is 16.1. The Morgan fingerprint density at radius 1 is 0.958 bits per heavy atom. The average Bonchev–Trinajstić information content (AvgIpc) is 2.64. The van der Waals surface area contributed by atoms with Crippen molar-refractivity contribution in [2.24, 2.45) is 0 Å². The van der Waals surface area contributed by atoms with Crippen LogP contribution in [0.1, 0.15) is 18.4 Å². The van der Waals surface area contributed by atoms with Crippen LogP contribution in [0, 0.1) is 0 Å². The Morgan fingerprint density at radius 3 is 2.42 bits per heavy atom. The fourth-order valence-electron chi connectivity index (χ4n) is 3.15. The van der Waals surface area contributed by atoms with E-state index in [4.69, 9.17) is 9.57 Å². The van der Waals surface area contributed by atoms with Crippen LogP contribution in [0.5, 0.6) is 11.5 Å². The molecule has 2 aliphatic rings. The molecule has 0 aromatic heterocycles. The quantitative estimate of drug-likeness (QED) is 0.940. The first-order chi connectivity index (χ1) is 11.8. The molecule has 2 aromatic rings. The van der Waals surface area contributed by atoms with Crippen molar-refractivity contribution in [3.63, 3.8) is 0 Å². The lowest BCUT2D eigenvalue weighted by molar-refractivity contribution is 0.0792. The largest absolute Gasteiger partial charge is 0.466 e. The highest BCUT2D eigenvalue weighted by Crippen LogP contribution is 2.32. The third-order valence-corrected chi connectivity index (χ3v) is 4.58. The maximum Gasteiger partial charge on any atom is 0.197 e. The average molecular weight is 326 g/mol. The molecule has 0 aliphatic carbocycles. The van der Waals surface area contributed by atoms with Crippen LogP contribution in [-0.2, 0) is 6.54 Å². The van der Waals surface area contributed by atoms with Crippen molar-refractivity contribution in [2.75, 3.05) is 24.9 Å². The van der Waals surface area contributed by atoms with Gasteiger partial charge >= 0.3 is 0 Å². The summed E-state index contributed by atoms with van der Waals surface area (Å²) in [5, 5.41) is 11.3. The zero-order chi connectivity index (χ0) is 16.4. The van der Waals surface area contributed by atoms with Crippen LogP contribution in [0.25, 0.3) is 0 Å². The van der Waals surface area contributed by atoms with E-state index < -0.39 is 0 Å². The first-order valence-electron chi connectivity index (χ1n) is 8.44. The number of aliphatic hydroxyl groups excluding tert-OH is 1. The first-order valence-corrected chi connectivity index (χ1v) is 8.44. The lowest BCUT2D eigenvalue weighted by Gasteiger charge is -2.30. The first kappa shape index (κ1) is 15.3. The van der Waals surface area contributed by atoms with Gasteiger partial charge in [0.15, 0.2) is 18.2 Å². The molecule has 5 nitrogen and oxygen atoms in total. The maximum absolute atomic E-state index is 9.59. The molecule has 0 spiro atoms. The second kappa shape index (κ2) is 6.71. The van der Waals surface area contributed by atoms with E-state index >= 15 is 0 Å². The molecule has 2 aliphatic heterocycles. The molecular weight excluding hydrogens is 304 g/mol. The fourth-order valence-corrected chi connectivity index (χ4v) is 3.15. The van der Waals surface area contributed by atoms with Crippen LogP contribution in [0.3, 0.4) is 0 Å². The van der Waals surface area contributed by atoms with Gasteiger partial charge in [-0.1, -0.05) is 24.3 Å². The van der Waals surface area contributed by atoms with Gasteiger partial charge < -0.3 is 14.7 Å². The number of piperidine rings is 1. The summed E-state index contributed by atoms with van der Waals surface area (Å²) in [5.41, 5.74) is 2.25. The normalized spacial score (nSPS) is 18.6. The third kappa shape index (κ3) is 3.32. The molecule has 2 heterocycles. The number of hydrogen-bond donors (Lipinski definition) is 1. The second-order valence-electron chi connectivity index (χ2n) is 6.36. The van der Waals surface area contributed by atoms with Crippen LogP contribution in [0.4, 0.5) is 5.69 Å². The van der Waals surface area contributed by atoms with E-state index in [0.717, 1.165) is 49.7 Å². The molecule has 0 atom stereocenters. The summed E-state index contributed by atoms with van der Waals surface area (Å²) >= 11 is 0. The molecule has 1 fully saturated rings. The summed E-state index contributed by atoms with van der Waals surface area (Å²) in [6.07, 6.45) is 1.62. The Kier molecular flexibility index (Phi) is 4.28. The van der Waals surface area contributed by atoms with E-state index in [2.05, 4.69) is 29.2 Å². The molecule has 0 amide bonds. The van der Waals surface area contributed by atoms with E-state index in [1.165, 1.54) is 5.56 Å². The van der Waals surface area contributed by atoms with Crippen LogP contribution in [0.15, 0.2) is 48.5 Å². The van der Waals surface area contributed by atoms with Gasteiger partial charge in [-0.15, -0.1) is 0 Å². The van der Waals surface area contributed by atoms with Gasteiger partial charge in [0.2, 0.25) is 0 Å². The molecule has 1 saturated heterocycles. The van der Waals surface area contributed by atoms with Gasteiger partial charge in [-0.2, -0.15) is 5.06 Å². The Hall–Kier alpha value is -2.24. The number of hydroxylamine groups is 1. The summed E-state index contributed by atoms with van der Waals surface area (Å²) in [5.74, 6) is 1.51. The number of aliphatic hydroxyl groups is 1. The molecule has 0 unspecified atom stereocenters. The summed E-state index contributed by atoms with van der Waals surface area (Å²) in [7, 11) is 0. The number of fused-ring (bicyclic) bond motifs is 1. The van der Waals surface area contributed by atoms with Gasteiger partial charge in [-0.3, -0.25) is 4.90 Å². The highest BCUT2D eigenvalue weighted by molar-refractivity contribution is 5.49. The van der Waals surface area contributed by atoms with Gasteiger partial charge in [0.25, 0.3) is 0 Å². The number of para-hydroxylation sites is 2. The van der Waals surface area contributed by atoms with Crippen molar-refractivity contribution in [1.29, 1.82) is 0 Å². The molecule has 1 N–H and O–H groups in total. The molecule has 4 rings (SSSR count). The van der Waals surface area contributed by atoms with Crippen LogP contribution >= 0.6 is 0 Å². The van der Waals surface area contributed by atoms with E-state index in [-0.39, 0.29) is 6.10 Å². The molecule has 0 saturated carbocycles. The summed E-state index contributed by atoms with van der Waals surface area (Å²) in [6.45, 7) is 3.22. The number of ether oxygens (including phenoxy) is 1. The number of anilines is 1. The molecule has 0 bridgehead atoms. The highest BCUT2D eigenvalue weighted by Gasteiger charge is 2.20. The standard InChI is InChI=1S/C19H22N2O3/c22-17-9-11-20(12-10-17)13-15-5-7-16(8-6-15)21-14-23-18-3-1-2-4-19(18)24-21/h1-8,17,22H,9-14H2. The maximum atomic E-state index is 9.59. The molecule has 5 heteroatoms. The Morgan fingerprint density at radius 2 is 1.67 bits per heavy atom. The molecule has 126 valence electrons. The zero-order valence-corrected chi connectivity index (χ0v) is 13.6. The lowest BCUT2D eigenvalue weighted by Crippen LogP contribution is -2.35. The topological polar surface area (TPSA) is 45.2 Å². The van der Waals surface area contributed by atoms with Gasteiger partial charge in [0.05, 0.1) is 11.8 Å². The van der Waals surface area contributed by atoms with Crippen molar-refractivity contribution in [3.05, 3.63) is 54.1 Å². The van der Waals surface area contributed by atoms with Crippen molar-refractivity contribution in [2.45, 2.75) is 25.5 Å². The Balaban J connectivity index is 1.39. The predicted octanol–water partition coefficient (Wildman–Crippen LogP) is 2.79. The fraction of sp³-hybridized carbons (Fsp3) is 0.368. The minimum atomic E-state index is -0.122. The lowest BCUT2D eigenvalue weighted by atomic mass is 10.1. The summed E-state index contributed by atoms with van der Waals surface area (Å²) in [4.78, 5) is 8.28.